The van der Waals surface area contributed by atoms with Gasteiger partial charge in [-0.2, -0.15) is 0 Å². The Kier molecular flexibility index (Phi) is 3.15. The highest BCUT2D eigenvalue weighted by Gasteiger charge is 2.29. The molecule has 1 aliphatic carbocycles. The van der Waals surface area contributed by atoms with Gasteiger partial charge in [0.2, 0.25) is 9.84 Å². The van der Waals surface area contributed by atoms with Crippen LogP contribution in [0, 0.1) is 5.92 Å². The lowest BCUT2D eigenvalue weighted by Crippen LogP contribution is -2.09. The van der Waals surface area contributed by atoms with Gasteiger partial charge in [-0.25, -0.2) is 8.42 Å². The minimum atomic E-state index is -3.40. The lowest BCUT2D eigenvalue weighted by Gasteiger charge is -2.07. The molecule has 0 saturated carbocycles. The van der Waals surface area contributed by atoms with Crippen LogP contribution < -0.4 is 0 Å². The highest BCUT2D eigenvalue weighted by Crippen LogP contribution is 2.32. The van der Waals surface area contributed by atoms with E-state index < -0.39 is 9.84 Å². The molecule has 17 heavy (non-hydrogen) atoms. The molecule has 0 saturated heterocycles. The highest BCUT2D eigenvalue weighted by atomic mass is 32.2. The van der Waals surface area contributed by atoms with Crippen LogP contribution in [0.15, 0.2) is 46.2 Å². The maximum atomic E-state index is 12.2. The summed E-state index contributed by atoms with van der Waals surface area (Å²) in [6.45, 7) is 1.51. The summed E-state index contributed by atoms with van der Waals surface area (Å²) in [6.07, 6.45) is 2.55. The van der Waals surface area contributed by atoms with Crippen molar-refractivity contribution >= 4 is 15.6 Å². The predicted octanol–water partition coefficient (Wildman–Crippen LogP) is 2.34. The van der Waals surface area contributed by atoms with E-state index in [1.54, 1.807) is 36.4 Å². The zero-order valence-electron chi connectivity index (χ0n) is 9.59. The molecule has 0 spiro atoms. The summed E-state index contributed by atoms with van der Waals surface area (Å²) >= 11 is 0. The second-order valence-corrected chi connectivity index (χ2v) is 6.24. The second kappa shape index (κ2) is 4.45. The van der Waals surface area contributed by atoms with Crippen LogP contribution in [0.3, 0.4) is 0 Å². The number of ketones is 1. The standard InChI is InChI=1S/C13H14O3S/c1-10(14)11-7-8-13(9-11)17(15,16)12-5-3-2-4-6-12/h2-6,8,11H,7,9H2,1H3. The largest absolute Gasteiger partial charge is 0.300 e. The van der Waals surface area contributed by atoms with Crippen molar-refractivity contribution in [3.63, 3.8) is 0 Å². The van der Waals surface area contributed by atoms with Crippen LogP contribution in [0.2, 0.25) is 0 Å². The third kappa shape index (κ3) is 2.31. The fourth-order valence-electron chi connectivity index (χ4n) is 1.96. The summed E-state index contributed by atoms with van der Waals surface area (Å²) in [4.78, 5) is 11.9. The number of Topliss-reactive ketones (excluding diaryl/α,β-unsaturated/α-hetero) is 1. The molecular weight excluding hydrogens is 236 g/mol. The normalized spacial score (nSPS) is 20.1. The number of benzene rings is 1. The summed E-state index contributed by atoms with van der Waals surface area (Å²) in [5.41, 5.74) is 0. The lowest BCUT2D eigenvalue weighted by molar-refractivity contribution is -0.120. The molecule has 1 aromatic rings. The molecule has 0 radical (unpaired) electrons. The average Bonchev–Trinajstić information content (AvgIpc) is 2.80. The summed E-state index contributed by atoms with van der Waals surface area (Å²) in [7, 11) is -3.40. The van der Waals surface area contributed by atoms with Crippen LogP contribution in [0.25, 0.3) is 0 Å². The topological polar surface area (TPSA) is 51.2 Å². The Labute approximate surface area is 101 Å². The fourth-order valence-corrected chi connectivity index (χ4v) is 3.52. The molecular formula is C13H14O3S. The second-order valence-electron chi connectivity index (χ2n) is 4.23. The van der Waals surface area contributed by atoms with Crippen molar-refractivity contribution in [2.45, 2.75) is 24.7 Å². The summed E-state index contributed by atoms with van der Waals surface area (Å²) in [6, 6.07) is 8.34. The Balaban J connectivity index is 2.28. The van der Waals surface area contributed by atoms with Crippen molar-refractivity contribution in [3.05, 3.63) is 41.3 Å². The Morgan fingerprint density at radius 3 is 2.41 bits per heavy atom. The van der Waals surface area contributed by atoms with Gasteiger partial charge in [-0.3, -0.25) is 4.79 Å². The zero-order chi connectivity index (χ0) is 12.5. The number of carbonyl (C=O) groups is 1. The molecule has 1 atom stereocenters. The maximum absolute atomic E-state index is 12.2. The Hall–Kier alpha value is -1.42. The Morgan fingerprint density at radius 2 is 1.88 bits per heavy atom. The third-order valence-electron chi connectivity index (χ3n) is 3.05. The van der Waals surface area contributed by atoms with Crippen molar-refractivity contribution in [2.24, 2.45) is 5.92 Å². The van der Waals surface area contributed by atoms with E-state index in [2.05, 4.69) is 0 Å². The Bertz CT molecular complexity index is 556. The van der Waals surface area contributed by atoms with Gasteiger partial charge in [-0.1, -0.05) is 24.3 Å². The van der Waals surface area contributed by atoms with Gasteiger partial charge in [0.1, 0.15) is 5.78 Å². The SMILES string of the molecule is CC(=O)C1CC=C(S(=O)(=O)c2ccccc2)C1. The first-order chi connectivity index (χ1) is 8.01. The van der Waals surface area contributed by atoms with Crippen LogP contribution in [0.5, 0.6) is 0 Å². The third-order valence-corrected chi connectivity index (χ3v) is 4.97. The van der Waals surface area contributed by atoms with Gasteiger partial charge in [0.25, 0.3) is 0 Å². The number of carbonyl (C=O) groups excluding carboxylic acids is 1. The molecule has 4 heteroatoms. The monoisotopic (exact) mass is 250 g/mol. The van der Waals surface area contributed by atoms with Crippen molar-refractivity contribution in [2.75, 3.05) is 0 Å². The molecule has 0 N–H and O–H groups in total. The van der Waals surface area contributed by atoms with E-state index in [9.17, 15) is 13.2 Å². The first-order valence-electron chi connectivity index (χ1n) is 5.51. The van der Waals surface area contributed by atoms with Crippen LogP contribution >= 0.6 is 0 Å². The molecule has 90 valence electrons. The molecule has 0 aliphatic heterocycles. The van der Waals surface area contributed by atoms with Crippen molar-refractivity contribution < 1.29 is 13.2 Å². The minimum absolute atomic E-state index is 0.0551. The summed E-state index contributed by atoms with van der Waals surface area (Å²) in [5.74, 6) is -0.108. The smallest absolute Gasteiger partial charge is 0.202 e. The number of hydrogen-bond donors (Lipinski definition) is 0. The van der Waals surface area contributed by atoms with Crippen molar-refractivity contribution in [1.29, 1.82) is 0 Å². The average molecular weight is 250 g/mol. The van der Waals surface area contributed by atoms with E-state index in [1.807, 2.05) is 0 Å². The van der Waals surface area contributed by atoms with Gasteiger partial charge in [-0.05, 0) is 31.9 Å². The van der Waals surface area contributed by atoms with Gasteiger partial charge >= 0.3 is 0 Å². The minimum Gasteiger partial charge on any atom is -0.300 e. The van der Waals surface area contributed by atoms with Crippen LogP contribution in [-0.2, 0) is 14.6 Å². The van der Waals surface area contributed by atoms with Crippen LogP contribution in [0.4, 0.5) is 0 Å². The van der Waals surface area contributed by atoms with Crippen LogP contribution in [-0.4, -0.2) is 14.2 Å². The maximum Gasteiger partial charge on any atom is 0.202 e. The molecule has 1 unspecified atom stereocenters. The van der Waals surface area contributed by atoms with E-state index >= 15 is 0 Å². The van der Waals surface area contributed by atoms with Gasteiger partial charge in [0, 0.05) is 10.8 Å². The van der Waals surface area contributed by atoms with Crippen molar-refractivity contribution in [3.8, 4) is 0 Å². The quantitative estimate of drug-likeness (QED) is 0.827. The first-order valence-corrected chi connectivity index (χ1v) is 7.00. The molecule has 2 rings (SSSR count). The summed E-state index contributed by atoms with van der Waals surface area (Å²) in [5, 5.41) is 0. The van der Waals surface area contributed by atoms with E-state index in [-0.39, 0.29) is 11.7 Å². The molecule has 0 aromatic heterocycles. The molecule has 1 aromatic carbocycles. The number of allylic oxidation sites excluding steroid dienone is 2. The van der Waals surface area contributed by atoms with Gasteiger partial charge < -0.3 is 0 Å². The van der Waals surface area contributed by atoms with E-state index in [0.29, 0.717) is 22.6 Å². The van der Waals surface area contributed by atoms with Gasteiger partial charge in [-0.15, -0.1) is 0 Å². The molecule has 1 aliphatic rings. The number of rotatable bonds is 3. The van der Waals surface area contributed by atoms with Gasteiger partial charge in [0.05, 0.1) is 4.90 Å². The molecule has 0 heterocycles. The lowest BCUT2D eigenvalue weighted by atomic mass is 10.0. The fraction of sp³-hybridized carbons (Fsp3) is 0.308. The predicted molar refractivity (Wildman–Crippen MR) is 65.1 cm³/mol. The summed E-state index contributed by atoms with van der Waals surface area (Å²) < 4.78 is 24.4. The zero-order valence-corrected chi connectivity index (χ0v) is 10.4. The molecule has 3 nitrogen and oxygen atoms in total. The molecule has 0 fully saturated rings. The van der Waals surface area contributed by atoms with E-state index in [4.69, 9.17) is 0 Å². The Morgan fingerprint density at radius 1 is 1.24 bits per heavy atom. The number of hydrogen-bond acceptors (Lipinski definition) is 3. The first kappa shape index (κ1) is 12.0. The van der Waals surface area contributed by atoms with E-state index in [0.717, 1.165) is 0 Å². The molecule has 0 amide bonds. The molecule has 0 bridgehead atoms. The van der Waals surface area contributed by atoms with Crippen LogP contribution in [0.1, 0.15) is 19.8 Å². The van der Waals surface area contributed by atoms with Gasteiger partial charge in [0.15, 0.2) is 0 Å². The highest BCUT2D eigenvalue weighted by molar-refractivity contribution is 7.95. The van der Waals surface area contributed by atoms with E-state index in [1.165, 1.54) is 6.92 Å². The number of sulfone groups is 1. The van der Waals surface area contributed by atoms with Crippen molar-refractivity contribution in [1.82, 2.24) is 0 Å².